The zero-order valence-corrected chi connectivity index (χ0v) is 11.8. The molecule has 0 fully saturated rings. The summed E-state index contributed by atoms with van der Waals surface area (Å²) in [6, 6.07) is 9.10. The third kappa shape index (κ3) is 2.41. The number of anilines is 1. The third-order valence-corrected chi connectivity index (χ3v) is 3.24. The first-order chi connectivity index (χ1) is 8.49. The molecule has 0 spiro atoms. The summed E-state index contributed by atoms with van der Waals surface area (Å²) in [4.78, 5) is 12.2. The van der Waals surface area contributed by atoms with Crippen molar-refractivity contribution in [3.05, 3.63) is 51.8 Å². The van der Waals surface area contributed by atoms with E-state index < -0.39 is 0 Å². The molecule has 1 aromatic heterocycles. The van der Waals surface area contributed by atoms with Crippen LogP contribution in [0.15, 0.2) is 34.8 Å². The minimum atomic E-state index is -0.226. The van der Waals surface area contributed by atoms with E-state index in [0.717, 1.165) is 15.9 Å². The highest BCUT2D eigenvalue weighted by molar-refractivity contribution is 9.10. The molecule has 2 aromatic rings. The van der Waals surface area contributed by atoms with E-state index in [1.165, 1.54) is 0 Å². The molecule has 5 heteroatoms. The Morgan fingerprint density at radius 3 is 2.44 bits per heavy atom. The second-order valence-electron chi connectivity index (χ2n) is 4.12. The summed E-state index contributed by atoms with van der Waals surface area (Å²) in [5, 5.41) is 0. The second-order valence-corrected chi connectivity index (χ2v) is 5.04. The molecule has 1 heterocycles. The number of hydrogen-bond acceptors (Lipinski definition) is 2. The van der Waals surface area contributed by atoms with Gasteiger partial charge in [0.15, 0.2) is 0 Å². The number of amides is 1. The molecular formula is C13H14BrN3O. The van der Waals surface area contributed by atoms with Crippen molar-refractivity contribution in [3.8, 4) is 0 Å². The van der Waals surface area contributed by atoms with Gasteiger partial charge < -0.3 is 5.73 Å². The van der Waals surface area contributed by atoms with Crippen molar-refractivity contribution >= 4 is 27.5 Å². The van der Waals surface area contributed by atoms with Crippen molar-refractivity contribution < 1.29 is 4.79 Å². The molecule has 0 radical (unpaired) electrons. The quantitative estimate of drug-likeness (QED) is 0.838. The van der Waals surface area contributed by atoms with E-state index in [2.05, 4.69) is 21.4 Å². The van der Waals surface area contributed by atoms with E-state index >= 15 is 0 Å². The maximum absolute atomic E-state index is 12.2. The topological polar surface area (TPSA) is 60.0 Å². The van der Waals surface area contributed by atoms with Crippen LogP contribution in [0.5, 0.6) is 0 Å². The molecule has 0 saturated carbocycles. The van der Waals surface area contributed by atoms with Crippen molar-refractivity contribution in [2.45, 2.75) is 13.8 Å². The van der Waals surface area contributed by atoms with E-state index in [1.54, 1.807) is 22.9 Å². The lowest BCUT2D eigenvalue weighted by atomic mass is 10.2. The molecule has 0 unspecified atom stereocenters. The largest absolute Gasteiger partial charge is 0.398 e. The molecule has 0 bridgehead atoms. The van der Waals surface area contributed by atoms with Gasteiger partial charge in [0.25, 0.3) is 5.91 Å². The average molecular weight is 308 g/mol. The van der Waals surface area contributed by atoms with Gasteiger partial charge >= 0.3 is 0 Å². The Hall–Kier alpha value is -1.75. The molecule has 0 aliphatic carbocycles. The summed E-state index contributed by atoms with van der Waals surface area (Å²) >= 11 is 3.33. The van der Waals surface area contributed by atoms with Crippen LogP contribution in [-0.2, 0) is 0 Å². The van der Waals surface area contributed by atoms with Gasteiger partial charge in [0, 0.05) is 21.5 Å². The van der Waals surface area contributed by atoms with E-state index in [0.29, 0.717) is 11.3 Å². The molecule has 94 valence electrons. The van der Waals surface area contributed by atoms with Gasteiger partial charge in [-0.3, -0.25) is 14.9 Å². The predicted octanol–water partition coefficient (Wildman–Crippen LogP) is 2.83. The smallest absolute Gasteiger partial charge is 0.272 e. The number of aryl methyl sites for hydroxylation is 2. The highest BCUT2D eigenvalue weighted by atomic mass is 79.9. The van der Waals surface area contributed by atoms with Crippen LogP contribution in [0, 0.1) is 13.8 Å². The normalized spacial score (nSPS) is 10.4. The molecule has 0 saturated heterocycles. The monoisotopic (exact) mass is 307 g/mol. The van der Waals surface area contributed by atoms with Gasteiger partial charge in [-0.25, -0.2) is 0 Å². The number of rotatable bonds is 2. The number of carbonyl (C=O) groups is 1. The molecule has 0 atom stereocenters. The standard InChI is InChI=1S/C13H14BrN3O/c1-8-3-4-9(2)17(8)16-13(18)11-7-10(14)5-6-12(11)15/h3-7H,15H2,1-2H3,(H,16,18). The molecule has 4 nitrogen and oxygen atoms in total. The van der Waals surface area contributed by atoms with Crippen molar-refractivity contribution in [1.82, 2.24) is 4.68 Å². The number of benzene rings is 1. The summed E-state index contributed by atoms with van der Waals surface area (Å²) < 4.78 is 2.56. The van der Waals surface area contributed by atoms with Crippen molar-refractivity contribution in [2.24, 2.45) is 0 Å². The van der Waals surface area contributed by atoms with Crippen LogP contribution in [0.4, 0.5) is 5.69 Å². The zero-order chi connectivity index (χ0) is 13.3. The van der Waals surface area contributed by atoms with E-state index in [9.17, 15) is 4.79 Å². The Balaban J connectivity index is 2.30. The number of nitrogen functional groups attached to an aromatic ring is 1. The van der Waals surface area contributed by atoms with Crippen LogP contribution in [0.3, 0.4) is 0 Å². The Labute approximate surface area is 114 Å². The number of nitrogens with one attached hydrogen (secondary N) is 1. The van der Waals surface area contributed by atoms with Crippen LogP contribution in [0.2, 0.25) is 0 Å². The van der Waals surface area contributed by atoms with Gasteiger partial charge in [-0.05, 0) is 44.2 Å². The van der Waals surface area contributed by atoms with Crippen molar-refractivity contribution in [3.63, 3.8) is 0 Å². The van der Waals surface area contributed by atoms with Gasteiger partial charge in [0.05, 0.1) is 5.56 Å². The lowest BCUT2D eigenvalue weighted by molar-refractivity contribution is 0.101. The van der Waals surface area contributed by atoms with Gasteiger partial charge in [-0.15, -0.1) is 0 Å². The summed E-state index contributed by atoms with van der Waals surface area (Å²) in [7, 11) is 0. The Morgan fingerprint density at radius 2 is 1.83 bits per heavy atom. The minimum Gasteiger partial charge on any atom is -0.398 e. The van der Waals surface area contributed by atoms with Gasteiger partial charge in [0.1, 0.15) is 0 Å². The lowest BCUT2D eigenvalue weighted by Crippen LogP contribution is -2.25. The molecule has 3 N–H and O–H groups in total. The van der Waals surface area contributed by atoms with Crippen molar-refractivity contribution in [2.75, 3.05) is 11.2 Å². The maximum atomic E-state index is 12.2. The van der Waals surface area contributed by atoms with E-state index in [-0.39, 0.29) is 5.91 Å². The summed E-state index contributed by atoms with van der Waals surface area (Å²) in [5.41, 5.74) is 11.5. The zero-order valence-electron chi connectivity index (χ0n) is 10.2. The SMILES string of the molecule is Cc1ccc(C)n1NC(=O)c1cc(Br)ccc1N. The number of nitrogens with zero attached hydrogens (tertiary/aromatic N) is 1. The first kappa shape index (κ1) is 12.7. The van der Waals surface area contributed by atoms with Gasteiger partial charge in [0.2, 0.25) is 0 Å². The second kappa shape index (κ2) is 4.86. The fraction of sp³-hybridized carbons (Fsp3) is 0.154. The van der Waals surface area contributed by atoms with Crippen LogP contribution >= 0.6 is 15.9 Å². The minimum absolute atomic E-state index is 0.226. The highest BCUT2D eigenvalue weighted by Gasteiger charge is 2.12. The third-order valence-electron chi connectivity index (χ3n) is 2.74. The number of hydrogen-bond donors (Lipinski definition) is 2. The van der Waals surface area contributed by atoms with Crippen LogP contribution in [-0.4, -0.2) is 10.6 Å². The van der Waals surface area contributed by atoms with Crippen LogP contribution in [0.25, 0.3) is 0 Å². The van der Waals surface area contributed by atoms with E-state index in [1.807, 2.05) is 26.0 Å². The number of aromatic nitrogens is 1. The van der Waals surface area contributed by atoms with Crippen LogP contribution in [0.1, 0.15) is 21.7 Å². The molecule has 1 amide bonds. The van der Waals surface area contributed by atoms with Gasteiger partial charge in [-0.1, -0.05) is 15.9 Å². The number of carbonyl (C=O) groups excluding carboxylic acids is 1. The summed E-state index contributed by atoms with van der Waals surface area (Å²) in [5.74, 6) is -0.226. The summed E-state index contributed by atoms with van der Waals surface area (Å²) in [6.07, 6.45) is 0. The predicted molar refractivity (Wildman–Crippen MR) is 76.2 cm³/mol. The van der Waals surface area contributed by atoms with Crippen LogP contribution < -0.4 is 11.2 Å². The van der Waals surface area contributed by atoms with Gasteiger partial charge in [-0.2, -0.15) is 0 Å². The van der Waals surface area contributed by atoms with E-state index in [4.69, 9.17) is 5.73 Å². The summed E-state index contributed by atoms with van der Waals surface area (Å²) in [6.45, 7) is 3.86. The molecule has 0 aliphatic heterocycles. The lowest BCUT2D eigenvalue weighted by Gasteiger charge is -2.12. The molecule has 18 heavy (non-hydrogen) atoms. The molecule has 2 rings (SSSR count). The molecule has 1 aromatic carbocycles. The number of nitrogens with two attached hydrogens (primary N) is 1. The fourth-order valence-corrected chi connectivity index (χ4v) is 2.09. The molecule has 0 aliphatic rings. The fourth-order valence-electron chi connectivity index (χ4n) is 1.73. The Bertz CT molecular complexity index is 585. The Kier molecular flexibility index (Phi) is 3.43. The highest BCUT2D eigenvalue weighted by Crippen LogP contribution is 2.18. The maximum Gasteiger partial charge on any atom is 0.272 e. The first-order valence-corrected chi connectivity index (χ1v) is 6.29. The number of halogens is 1. The average Bonchev–Trinajstić information content (AvgIpc) is 2.64. The first-order valence-electron chi connectivity index (χ1n) is 5.50. The molecular weight excluding hydrogens is 294 g/mol. The Morgan fingerprint density at radius 1 is 1.22 bits per heavy atom. The van der Waals surface area contributed by atoms with Crippen molar-refractivity contribution in [1.29, 1.82) is 0 Å².